The maximum absolute atomic E-state index is 13.1. The number of methoxy groups -OCH3 is 2. The molecule has 7 heteroatoms. The van der Waals surface area contributed by atoms with E-state index in [0.717, 1.165) is 18.2 Å². The normalized spacial score (nSPS) is 10.2. The monoisotopic (exact) mass is 336 g/mol. The third kappa shape index (κ3) is 3.87. The molecule has 0 amide bonds. The first-order valence-electron chi connectivity index (χ1n) is 6.83. The predicted octanol–water partition coefficient (Wildman–Crippen LogP) is 3.02. The predicted molar refractivity (Wildman–Crippen MR) is 80.5 cm³/mol. The summed E-state index contributed by atoms with van der Waals surface area (Å²) in [4.78, 5) is 24.0. The minimum absolute atomic E-state index is 0.0786. The maximum atomic E-state index is 13.1. The molecule has 0 unspecified atom stereocenters. The number of halogens is 2. The van der Waals surface area contributed by atoms with Crippen LogP contribution in [0.3, 0.4) is 0 Å². The minimum atomic E-state index is -1.15. The summed E-state index contributed by atoms with van der Waals surface area (Å²) in [5.74, 6) is -3.02. The highest BCUT2D eigenvalue weighted by molar-refractivity contribution is 6.00. The standard InChI is InChI=1S/C17H14F2O5/c1-22-11-4-6-16(23-2)12(8-11)17(21)24-9-15(20)10-3-5-13(18)14(19)7-10/h3-8H,9H2,1-2H3. The molecule has 0 aliphatic rings. The van der Waals surface area contributed by atoms with Gasteiger partial charge in [-0.25, -0.2) is 13.6 Å². The number of hydrogen-bond donors (Lipinski definition) is 0. The summed E-state index contributed by atoms with van der Waals surface area (Å²) in [6.45, 7) is -0.621. The molecule has 0 saturated heterocycles. The van der Waals surface area contributed by atoms with Crippen molar-refractivity contribution in [3.8, 4) is 11.5 Å². The molecule has 0 saturated carbocycles. The van der Waals surface area contributed by atoms with Gasteiger partial charge in [0.05, 0.1) is 14.2 Å². The molecule has 0 aliphatic carbocycles. The van der Waals surface area contributed by atoms with Crippen LogP contribution in [0.2, 0.25) is 0 Å². The zero-order valence-corrected chi connectivity index (χ0v) is 13.0. The fourth-order valence-corrected chi connectivity index (χ4v) is 1.94. The van der Waals surface area contributed by atoms with Gasteiger partial charge in [0.1, 0.15) is 17.1 Å². The molecular formula is C17H14F2O5. The van der Waals surface area contributed by atoms with Gasteiger partial charge in [0.25, 0.3) is 0 Å². The third-order valence-corrected chi connectivity index (χ3v) is 3.20. The van der Waals surface area contributed by atoms with E-state index in [1.165, 1.54) is 26.4 Å². The second-order valence-electron chi connectivity index (χ2n) is 4.69. The van der Waals surface area contributed by atoms with Crippen LogP contribution >= 0.6 is 0 Å². The van der Waals surface area contributed by atoms with E-state index in [0.29, 0.717) is 5.75 Å². The van der Waals surface area contributed by atoms with Crippen LogP contribution < -0.4 is 9.47 Å². The van der Waals surface area contributed by atoms with Gasteiger partial charge in [0, 0.05) is 5.56 Å². The Balaban J connectivity index is 2.10. The molecule has 2 rings (SSSR count). The van der Waals surface area contributed by atoms with Crippen molar-refractivity contribution in [2.75, 3.05) is 20.8 Å². The van der Waals surface area contributed by atoms with E-state index in [1.54, 1.807) is 6.07 Å². The van der Waals surface area contributed by atoms with Crippen molar-refractivity contribution >= 4 is 11.8 Å². The second-order valence-corrected chi connectivity index (χ2v) is 4.69. The number of ether oxygens (including phenoxy) is 3. The number of benzene rings is 2. The minimum Gasteiger partial charge on any atom is -0.497 e. The summed E-state index contributed by atoms with van der Waals surface area (Å²) in [7, 11) is 2.81. The first-order valence-corrected chi connectivity index (χ1v) is 6.83. The number of ketones is 1. The van der Waals surface area contributed by atoms with E-state index in [-0.39, 0.29) is 16.9 Å². The van der Waals surface area contributed by atoms with E-state index in [9.17, 15) is 18.4 Å². The highest BCUT2D eigenvalue weighted by atomic mass is 19.2. The van der Waals surface area contributed by atoms with E-state index >= 15 is 0 Å². The molecule has 2 aromatic carbocycles. The number of rotatable bonds is 6. The van der Waals surface area contributed by atoms with Crippen LogP contribution in [-0.2, 0) is 4.74 Å². The Morgan fingerprint density at radius 1 is 0.958 bits per heavy atom. The SMILES string of the molecule is COc1ccc(OC)c(C(=O)OCC(=O)c2ccc(F)c(F)c2)c1. The van der Waals surface area contributed by atoms with Crippen LogP contribution in [0, 0.1) is 11.6 Å². The van der Waals surface area contributed by atoms with Crippen molar-refractivity contribution in [3.05, 3.63) is 59.2 Å². The topological polar surface area (TPSA) is 61.8 Å². The number of hydrogen-bond acceptors (Lipinski definition) is 5. The van der Waals surface area contributed by atoms with Gasteiger partial charge in [-0.2, -0.15) is 0 Å². The smallest absolute Gasteiger partial charge is 0.342 e. The zero-order valence-electron chi connectivity index (χ0n) is 13.0. The number of carbonyl (C=O) groups is 2. The Morgan fingerprint density at radius 3 is 2.33 bits per heavy atom. The molecule has 24 heavy (non-hydrogen) atoms. The van der Waals surface area contributed by atoms with Crippen LogP contribution in [0.1, 0.15) is 20.7 Å². The van der Waals surface area contributed by atoms with E-state index in [1.807, 2.05) is 0 Å². The lowest BCUT2D eigenvalue weighted by atomic mass is 10.1. The zero-order chi connectivity index (χ0) is 17.7. The van der Waals surface area contributed by atoms with Gasteiger partial charge in [-0.1, -0.05) is 0 Å². The highest BCUT2D eigenvalue weighted by Gasteiger charge is 2.18. The number of esters is 1. The van der Waals surface area contributed by atoms with Crippen LogP contribution in [0.5, 0.6) is 11.5 Å². The first-order chi connectivity index (χ1) is 11.5. The Hall–Kier alpha value is -2.96. The van der Waals surface area contributed by atoms with E-state index < -0.39 is 30.0 Å². The lowest BCUT2D eigenvalue weighted by molar-refractivity contribution is 0.0471. The molecule has 5 nitrogen and oxygen atoms in total. The van der Waals surface area contributed by atoms with Gasteiger partial charge in [-0.3, -0.25) is 4.79 Å². The molecule has 0 spiro atoms. The molecule has 0 heterocycles. The molecule has 0 bridgehead atoms. The van der Waals surface area contributed by atoms with Gasteiger partial charge in [0.2, 0.25) is 0 Å². The Bertz CT molecular complexity index is 774. The summed E-state index contributed by atoms with van der Waals surface area (Å²) in [5, 5.41) is 0. The summed E-state index contributed by atoms with van der Waals surface area (Å²) >= 11 is 0. The van der Waals surface area contributed by atoms with Crippen molar-refractivity contribution in [2.24, 2.45) is 0 Å². The van der Waals surface area contributed by atoms with Crippen LogP contribution in [0.25, 0.3) is 0 Å². The third-order valence-electron chi connectivity index (χ3n) is 3.20. The Kier molecular flexibility index (Phi) is 5.47. The maximum Gasteiger partial charge on any atom is 0.342 e. The lowest BCUT2D eigenvalue weighted by Gasteiger charge is -2.10. The van der Waals surface area contributed by atoms with E-state index in [2.05, 4.69) is 0 Å². The average Bonchev–Trinajstić information content (AvgIpc) is 2.60. The van der Waals surface area contributed by atoms with Crippen LogP contribution in [0.15, 0.2) is 36.4 Å². The fraction of sp³-hybridized carbons (Fsp3) is 0.176. The molecule has 0 aliphatic heterocycles. The van der Waals surface area contributed by atoms with Crippen molar-refractivity contribution in [1.82, 2.24) is 0 Å². The summed E-state index contributed by atoms with van der Waals surface area (Å²) in [6, 6.07) is 7.21. The van der Waals surface area contributed by atoms with Gasteiger partial charge in [-0.05, 0) is 36.4 Å². The lowest BCUT2D eigenvalue weighted by Crippen LogP contribution is -2.15. The number of carbonyl (C=O) groups excluding carboxylic acids is 2. The first kappa shape index (κ1) is 17.4. The Labute approximate surface area is 136 Å². The van der Waals surface area contributed by atoms with E-state index in [4.69, 9.17) is 14.2 Å². The summed E-state index contributed by atoms with van der Waals surface area (Å²) < 4.78 is 41.0. The van der Waals surface area contributed by atoms with Crippen molar-refractivity contribution in [2.45, 2.75) is 0 Å². The largest absolute Gasteiger partial charge is 0.497 e. The quantitative estimate of drug-likeness (QED) is 0.599. The van der Waals surface area contributed by atoms with Crippen molar-refractivity contribution < 1.29 is 32.6 Å². The second kappa shape index (κ2) is 7.54. The van der Waals surface area contributed by atoms with Gasteiger partial charge in [-0.15, -0.1) is 0 Å². The van der Waals surface area contributed by atoms with Crippen LogP contribution in [0.4, 0.5) is 8.78 Å². The van der Waals surface area contributed by atoms with Crippen LogP contribution in [-0.4, -0.2) is 32.6 Å². The summed E-state index contributed by atoms with van der Waals surface area (Å²) in [6.07, 6.45) is 0. The van der Waals surface area contributed by atoms with Gasteiger partial charge < -0.3 is 14.2 Å². The molecule has 2 aromatic rings. The molecule has 0 radical (unpaired) electrons. The molecule has 0 N–H and O–H groups in total. The molecule has 126 valence electrons. The van der Waals surface area contributed by atoms with Gasteiger partial charge >= 0.3 is 5.97 Å². The average molecular weight is 336 g/mol. The summed E-state index contributed by atoms with van der Waals surface area (Å²) in [5.41, 5.74) is -0.0192. The highest BCUT2D eigenvalue weighted by Crippen LogP contribution is 2.24. The fourth-order valence-electron chi connectivity index (χ4n) is 1.94. The Morgan fingerprint density at radius 2 is 1.71 bits per heavy atom. The van der Waals surface area contributed by atoms with Crippen molar-refractivity contribution in [3.63, 3.8) is 0 Å². The van der Waals surface area contributed by atoms with Crippen molar-refractivity contribution in [1.29, 1.82) is 0 Å². The molecule has 0 fully saturated rings. The number of Topliss-reactive ketones (excluding diaryl/α,β-unsaturated/α-hetero) is 1. The molecule has 0 aromatic heterocycles. The van der Waals surface area contributed by atoms with Gasteiger partial charge in [0.15, 0.2) is 24.0 Å². The molecule has 0 atom stereocenters. The molecular weight excluding hydrogens is 322 g/mol.